The van der Waals surface area contributed by atoms with E-state index in [4.69, 9.17) is 0 Å². The first-order valence-corrected chi connectivity index (χ1v) is 4.31. The van der Waals surface area contributed by atoms with Crippen molar-refractivity contribution in [2.75, 3.05) is 0 Å². The second-order valence-corrected chi connectivity index (χ2v) is 3.16. The normalized spacial score (nSPS) is 21.7. The minimum absolute atomic E-state index is 0.126. The third-order valence-corrected chi connectivity index (χ3v) is 2.28. The Balaban J connectivity index is 2.32. The number of hydrogen-bond donors (Lipinski definition) is 1. The summed E-state index contributed by atoms with van der Waals surface area (Å²) in [6, 6.07) is 2.10. The Labute approximate surface area is 79.9 Å². The molecule has 0 bridgehead atoms. The number of carbonyl (C=O) groups excluding carboxylic acids is 1. The van der Waals surface area contributed by atoms with Gasteiger partial charge in [0.25, 0.3) is 0 Å². The van der Waals surface area contributed by atoms with Crippen molar-refractivity contribution < 1.29 is 14.4 Å². The lowest BCUT2D eigenvalue weighted by Crippen LogP contribution is -2.24. The van der Waals surface area contributed by atoms with Crippen LogP contribution in [0.1, 0.15) is 24.6 Å². The summed E-state index contributed by atoms with van der Waals surface area (Å²) in [5.41, 5.74) is 0.126. The fourth-order valence-electron chi connectivity index (χ4n) is 1.57. The van der Waals surface area contributed by atoms with Crippen molar-refractivity contribution in [3.05, 3.63) is 29.8 Å². The quantitative estimate of drug-likeness (QED) is 0.688. The van der Waals surface area contributed by atoms with E-state index in [0.29, 0.717) is 11.5 Å². The van der Waals surface area contributed by atoms with Gasteiger partial charge < -0.3 is 0 Å². The van der Waals surface area contributed by atoms with Gasteiger partial charge in [0.2, 0.25) is 5.91 Å². The topological polar surface area (TPSA) is 53.4 Å². The van der Waals surface area contributed by atoms with Gasteiger partial charge in [-0.15, -0.1) is 0 Å². The van der Waals surface area contributed by atoms with Crippen molar-refractivity contribution >= 4 is 5.91 Å². The molecule has 1 fully saturated rings. The van der Waals surface area contributed by atoms with Crippen LogP contribution in [0.5, 0.6) is 0 Å². The van der Waals surface area contributed by atoms with Gasteiger partial charge in [0, 0.05) is 12.6 Å². The fraction of sp³-hybridized carbons (Fsp3) is 0.333. The largest absolute Gasteiger partial charge is 0.285 e. The molecule has 2 rings (SSSR count). The highest BCUT2D eigenvalue weighted by Gasteiger charge is 2.33. The Morgan fingerprint density at radius 1 is 1.64 bits per heavy atom. The molecule has 0 radical (unpaired) electrons. The van der Waals surface area contributed by atoms with Crippen LogP contribution < -0.4 is 0 Å². The summed E-state index contributed by atoms with van der Waals surface area (Å²) in [5.74, 6) is -0.883. The van der Waals surface area contributed by atoms with Gasteiger partial charge in [-0.25, -0.2) is 9.45 Å². The molecule has 5 heteroatoms. The number of amides is 1. The fourth-order valence-corrected chi connectivity index (χ4v) is 1.57. The average molecular weight is 196 g/mol. The number of halogens is 1. The Morgan fingerprint density at radius 3 is 3.00 bits per heavy atom. The Hall–Kier alpha value is -1.49. The summed E-state index contributed by atoms with van der Waals surface area (Å²) in [7, 11) is 0. The number of pyridine rings is 1. The van der Waals surface area contributed by atoms with Crippen molar-refractivity contribution in [1.29, 1.82) is 0 Å². The smallest absolute Gasteiger partial charge is 0.246 e. The summed E-state index contributed by atoms with van der Waals surface area (Å²) >= 11 is 0. The van der Waals surface area contributed by atoms with E-state index in [2.05, 4.69) is 4.98 Å². The molecule has 2 heterocycles. The molecule has 0 spiro atoms. The van der Waals surface area contributed by atoms with E-state index in [1.807, 2.05) is 0 Å². The molecule has 0 aliphatic carbocycles. The molecule has 1 N–H and O–H groups in total. The van der Waals surface area contributed by atoms with Crippen LogP contribution in [0.2, 0.25) is 0 Å². The van der Waals surface area contributed by atoms with E-state index in [9.17, 15) is 14.4 Å². The number of hydroxylamine groups is 2. The minimum atomic E-state index is -0.635. The summed E-state index contributed by atoms with van der Waals surface area (Å²) in [4.78, 5) is 14.8. The number of hydrogen-bond acceptors (Lipinski definition) is 3. The van der Waals surface area contributed by atoms with Crippen LogP contribution in [0.4, 0.5) is 4.39 Å². The van der Waals surface area contributed by atoms with Crippen molar-refractivity contribution in [1.82, 2.24) is 10.0 Å². The second kappa shape index (κ2) is 3.34. The molecular weight excluding hydrogens is 187 g/mol. The molecule has 1 saturated heterocycles. The lowest BCUT2D eigenvalue weighted by molar-refractivity contribution is -0.166. The number of nitrogens with zero attached hydrogens (tertiary/aromatic N) is 2. The third-order valence-electron chi connectivity index (χ3n) is 2.28. The van der Waals surface area contributed by atoms with Crippen molar-refractivity contribution in [3.63, 3.8) is 0 Å². The Morgan fingerprint density at radius 2 is 2.43 bits per heavy atom. The van der Waals surface area contributed by atoms with Crippen LogP contribution in [0, 0.1) is 5.82 Å². The summed E-state index contributed by atoms with van der Waals surface area (Å²) < 4.78 is 13.2. The predicted molar refractivity (Wildman–Crippen MR) is 44.8 cm³/mol. The summed E-state index contributed by atoms with van der Waals surface area (Å²) in [6.07, 6.45) is 2.08. The summed E-state index contributed by atoms with van der Waals surface area (Å²) in [6.45, 7) is 0. The zero-order valence-electron chi connectivity index (χ0n) is 7.35. The van der Waals surface area contributed by atoms with E-state index in [1.165, 1.54) is 18.3 Å². The molecule has 0 saturated carbocycles. The van der Waals surface area contributed by atoms with E-state index >= 15 is 0 Å². The molecule has 1 aliphatic heterocycles. The molecule has 1 aromatic rings. The highest BCUT2D eigenvalue weighted by molar-refractivity contribution is 5.77. The maximum absolute atomic E-state index is 13.2. The third kappa shape index (κ3) is 1.35. The van der Waals surface area contributed by atoms with Gasteiger partial charge in [-0.3, -0.25) is 15.0 Å². The van der Waals surface area contributed by atoms with E-state index in [-0.39, 0.29) is 18.0 Å². The van der Waals surface area contributed by atoms with Gasteiger partial charge in [-0.1, -0.05) is 0 Å². The van der Waals surface area contributed by atoms with Crippen LogP contribution in [-0.4, -0.2) is 21.2 Å². The maximum atomic E-state index is 13.2. The van der Waals surface area contributed by atoms with Crippen LogP contribution in [-0.2, 0) is 4.79 Å². The zero-order valence-corrected chi connectivity index (χ0v) is 7.35. The average Bonchev–Trinajstić information content (AvgIpc) is 2.49. The molecule has 0 aromatic carbocycles. The monoisotopic (exact) mass is 196 g/mol. The number of aromatic nitrogens is 1. The van der Waals surface area contributed by atoms with Gasteiger partial charge in [-0.2, -0.15) is 0 Å². The molecule has 14 heavy (non-hydrogen) atoms. The maximum Gasteiger partial charge on any atom is 0.246 e. The molecule has 1 aliphatic rings. The van der Waals surface area contributed by atoms with Crippen LogP contribution in [0.15, 0.2) is 18.3 Å². The van der Waals surface area contributed by atoms with E-state index in [0.717, 1.165) is 0 Å². The Kier molecular flexibility index (Phi) is 2.17. The lowest BCUT2D eigenvalue weighted by atomic mass is 10.1. The van der Waals surface area contributed by atoms with Crippen molar-refractivity contribution in [2.45, 2.75) is 18.9 Å². The van der Waals surface area contributed by atoms with Crippen molar-refractivity contribution in [3.8, 4) is 0 Å². The van der Waals surface area contributed by atoms with Crippen LogP contribution >= 0.6 is 0 Å². The SMILES string of the molecule is O=C1CCC(c2ncccc2F)N1O. The molecular formula is C9H9FN2O2. The van der Waals surface area contributed by atoms with E-state index < -0.39 is 11.9 Å². The second-order valence-electron chi connectivity index (χ2n) is 3.16. The molecule has 4 nitrogen and oxygen atoms in total. The molecule has 1 aromatic heterocycles. The molecule has 1 amide bonds. The van der Waals surface area contributed by atoms with Gasteiger partial charge in [0.05, 0.1) is 0 Å². The zero-order chi connectivity index (χ0) is 10.1. The van der Waals surface area contributed by atoms with Crippen molar-refractivity contribution in [2.24, 2.45) is 0 Å². The van der Waals surface area contributed by atoms with Gasteiger partial charge in [-0.05, 0) is 18.6 Å². The van der Waals surface area contributed by atoms with Gasteiger partial charge >= 0.3 is 0 Å². The molecule has 1 unspecified atom stereocenters. The first kappa shape index (κ1) is 9.08. The Bertz CT molecular complexity index is 370. The first-order chi connectivity index (χ1) is 6.70. The highest BCUT2D eigenvalue weighted by Crippen LogP contribution is 2.30. The predicted octanol–water partition coefficient (Wildman–Crippen LogP) is 1.27. The molecule has 74 valence electrons. The highest BCUT2D eigenvalue weighted by atomic mass is 19.1. The van der Waals surface area contributed by atoms with E-state index in [1.54, 1.807) is 0 Å². The van der Waals surface area contributed by atoms with Gasteiger partial charge in [0.15, 0.2) is 0 Å². The summed E-state index contributed by atoms with van der Waals surface area (Å²) in [5, 5.41) is 9.87. The van der Waals surface area contributed by atoms with Crippen LogP contribution in [0.25, 0.3) is 0 Å². The number of rotatable bonds is 1. The standard InChI is InChI=1S/C9H9FN2O2/c10-6-2-1-5-11-9(6)7-3-4-8(13)12(7)14/h1-2,5,7,14H,3-4H2. The van der Waals surface area contributed by atoms with Gasteiger partial charge in [0.1, 0.15) is 17.6 Å². The lowest BCUT2D eigenvalue weighted by Gasteiger charge is -2.16. The van der Waals surface area contributed by atoms with Crippen LogP contribution in [0.3, 0.4) is 0 Å². The molecule has 1 atom stereocenters. The number of carbonyl (C=O) groups is 1. The minimum Gasteiger partial charge on any atom is -0.285 e. The first-order valence-electron chi connectivity index (χ1n) is 4.31.